The number of hydrogen-bond donors (Lipinski definition) is 1. The lowest BCUT2D eigenvalue weighted by Gasteiger charge is -2.13. The van der Waals surface area contributed by atoms with Crippen molar-refractivity contribution < 1.29 is 5.11 Å². The summed E-state index contributed by atoms with van der Waals surface area (Å²) in [6, 6.07) is 7.50. The predicted octanol–water partition coefficient (Wildman–Crippen LogP) is 4.42. The minimum Gasteiger partial charge on any atom is -0.384 e. The van der Waals surface area contributed by atoms with E-state index in [4.69, 9.17) is 16.9 Å². The van der Waals surface area contributed by atoms with Gasteiger partial charge < -0.3 is 5.11 Å². The molecule has 2 aromatic heterocycles. The second kappa shape index (κ2) is 6.84. The molecule has 0 radical (unpaired) electrons. The maximum Gasteiger partial charge on any atom is 0.115 e. The van der Waals surface area contributed by atoms with E-state index in [1.54, 1.807) is 26.0 Å². The number of benzene rings is 1. The fourth-order valence-corrected chi connectivity index (χ4v) is 3.98. The zero-order chi connectivity index (χ0) is 19.1. The van der Waals surface area contributed by atoms with E-state index < -0.39 is 5.60 Å². The van der Waals surface area contributed by atoms with Gasteiger partial charge in [-0.3, -0.25) is 4.68 Å². The van der Waals surface area contributed by atoms with Crippen molar-refractivity contribution in [2.45, 2.75) is 39.8 Å². The predicted molar refractivity (Wildman–Crippen MR) is 103 cm³/mol. The lowest BCUT2D eigenvalue weighted by atomic mass is 10.0. The van der Waals surface area contributed by atoms with Crippen LogP contribution in [0.15, 0.2) is 23.6 Å². The summed E-state index contributed by atoms with van der Waals surface area (Å²) >= 11 is 7.69. The molecule has 0 saturated carbocycles. The van der Waals surface area contributed by atoms with Gasteiger partial charge in [-0.25, -0.2) is 4.98 Å². The van der Waals surface area contributed by atoms with Gasteiger partial charge in [0.25, 0.3) is 0 Å². The molecule has 0 aliphatic carbocycles. The number of nitrogens with zero attached hydrogens (tertiary/aromatic N) is 4. The van der Waals surface area contributed by atoms with Crippen molar-refractivity contribution in [2.24, 2.45) is 0 Å². The maximum atomic E-state index is 10.1. The van der Waals surface area contributed by atoms with Crippen molar-refractivity contribution in [3.8, 4) is 17.2 Å². The zero-order valence-electron chi connectivity index (χ0n) is 15.0. The van der Waals surface area contributed by atoms with Crippen LogP contribution in [0.3, 0.4) is 0 Å². The van der Waals surface area contributed by atoms with E-state index in [0.717, 1.165) is 27.5 Å². The largest absolute Gasteiger partial charge is 0.384 e. The number of aliphatic hydroxyl groups is 1. The Balaban J connectivity index is 1.95. The maximum absolute atomic E-state index is 10.1. The molecule has 5 nitrogen and oxygen atoms in total. The van der Waals surface area contributed by atoms with Crippen LogP contribution in [0.25, 0.3) is 11.1 Å². The molecule has 3 rings (SSSR count). The summed E-state index contributed by atoms with van der Waals surface area (Å²) in [6.07, 6.45) is 0. The van der Waals surface area contributed by atoms with E-state index in [-0.39, 0.29) is 0 Å². The van der Waals surface area contributed by atoms with Gasteiger partial charge in [0, 0.05) is 16.6 Å². The number of aromatic nitrogens is 3. The molecule has 0 amide bonds. The van der Waals surface area contributed by atoms with Crippen LogP contribution in [0.1, 0.15) is 41.5 Å². The van der Waals surface area contributed by atoms with Crippen LogP contribution >= 0.6 is 22.9 Å². The second-order valence-corrected chi connectivity index (χ2v) is 8.05. The summed E-state index contributed by atoms with van der Waals surface area (Å²) in [5.74, 6) is 0. The molecule has 0 unspecified atom stereocenters. The van der Waals surface area contributed by atoms with Gasteiger partial charge in [-0.15, -0.1) is 11.3 Å². The van der Waals surface area contributed by atoms with Crippen molar-refractivity contribution >= 4 is 22.9 Å². The smallest absolute Gasteiger partial charge is 0.115 e. The van der Waals surface area contributed by atoms with Crippen molar-refractivity contribution in [1.29, 1.82) is 5.26 Å². The lowest BCUT2D eigenvalue weighted by molar-refractivity contribution is 0.0743. The Morgan fingerprint density at radius 1 is 1.35 bits per heavy atom. The molecule has 3 aromatic rings. The van der Waals surface area contributed by atoms with Crippen LogP contribution in [0, 0.1) is 25.2 Å². The summed E-state index contributed by atoms with van der Waals surface area (Å²) in [4.78, 5) is 4.52. The van der Waals surface area contributed by atoms with E-state index in [2.05, 4.69) is 16.2 Å². The Labute approximate surface area is 161 Å². The highest BCUT2D eigenvalue weighted by atomic mass is 35.5. The molecule has 134 valence electrons. The molecular formula is C19H19ClN4OS. The van der Waals surface area contributed by atoms with Gasteiger partial charge in [-0.05, 0) is 45.4 Å². The minimum absolute atomic E-state index is 0.436. The Bertz CT molecular complexity index is 1010. The van der Waals surface area contributed by atoms with Crippen LogP contribution < -0.4 is 0 Å². The summed E-state index contributed by atoms with van der Waals surface area (Å²) in [5, 5.41) is 27.0. The normalized spacial score (nSPS) is 11.6. The molecule has 0 atom stereocenters. The van der Waals surface area contributed by atoms with E-state index in [1.807, 2.05) is 30.0 Å². The van der Waals surface area contributed by atoms with Crippen molar-refractivity contribution in [1.82, 2.24) is 14.8 Å². The van der Waals surface area contributed by atoms with Crippen LogP contribution in [0.5, 0.6) is 0 Å². The van der Waals surface area contributed by atoms with Crippen molar-refractivity contribution in [2.75, 3.05) is 0 Å². The first-order chi connectivity index (χ1) is 12.2. The van der Waals surface area contributed by atoms with Crippen LogP contribution in [0.2, 0.25) is 5.02 Å². The monoisotopic (exact) mass is 386 g/mol. The summed E-state index contributed by atoms with van der Waals surface area (Å²) in [5.41, 5.74) is 4.01. The van der Waals surface area contributed by atoms with Gasteiger partial charge in [0.15, 0.2) is 0 Å². The Morgan fingerprint density at radius 2 is 2.08 bits per heavy atom. The quantitative estimate of drug-likeness (QED) is 0.719. The van der Waals surface area contributed by atoms with Gasteiger partial charge >= 0.3 is 0 Å². The highest BCUT2D eigenvalue weighted by Crippen LogP contribution is 2.31. The van der Waals surface area contributed by atoms with Gasteiger partial charge in [-0.1, -0.05) is 17.7 Å². The first-order valence-corrected chi connectivity index (χ1v) is 9.37. The molecule has 0 aliphatic heterocycles. The molecule has 26 heavy (non-hydrogen) atoms. The third kappa shape index (κ3) is 3.51. The van der Waals surface area contributed by atoms with E-state index in [9.17, 15) is 5.11 Å². The number of nitriles is 1. The van der Waals surface area contributed by atoms with Crippen LogP contribution in [-0.2, 0) is 12.1 Å². The fourth-order valence-electron chi connectivity index (χ4n) is 2.82. The number of rotatable bonds is 4. The highest BCUT2D eigenvalue weighted by Gasteiger charge is 2.21. The zero-order valence-corrected chi connectivity index (χ0v) is 16.6. The molecule has 0 aliphatic rings. The summed E-state index contributed by atoms with van der Waals surface area (Å²) < 4.78 is 1.91. The topological polar surface area (TPSA) is 74.7 Å². The second-order valence-electron chi connectivity index (χ2n) is 6.70. The molecule has 1 aromatic carbocycles. The number of thiazole rings is 1. The first-order valence-electron chi connectivity index (χ1n) is 8.12. The Hall–Kier alpha value is -2.20. The molecule has 0 saturated heterocycles. The van der Waals surface area contributed by atoms with Crippen molar-refractivity contribution in [3.63, 3.8) is 0 Å². The van der Waals surface area contributed by atoms with Crippen LogP contribution in [-0.4, -0.2) is 19.9 Å². The van der Waals surface area contributed by atoms with E-state index in [0.29, 0.717) is 22.8 Å². The van der Waals surface area contributed by atoms with Crippen molar-refractivity contribution in [3.05, 3.63) is 56.3 Å². The molecular weight excluding hydrogens is 368 g/mol. The van der Waals surface area contributed by atoms with Gasteiger partial charge in [0.05, 0.1) is 28.5 Å². The van der Waals surface area contributed by atoms with Crippen LogP contribution in [0.4, 0.5) is 0 Å². The molecule has 0 spiro atoms. The highest BCUT2D eigenvalue weighted by molar-refractivity contribution is 7.09. The third-order valence-corrected chi connectivity index (χ3v) is 5.37. The Morgan fingerprint density at radius 3 is 2.65 bits per heavy atom. The average Bonchev–Trinajstić information content (AvgIpc) is 3.13. The number of aryl methyl sites for hydroxylation is 1. The van der Waals surface area contributed by atoms with Gasteiger partial charge in [0.1, 0.15) is 16.7 Å². The molecule has 2 heterocycles. The van der Waals surface area contributed by atoms with E-state index >= 15 is 0 Å². The SMILES string of the molecule is Cc1nn(Cc2nc(C(C)(C)O)cs2)c(C)c1-c1ccc(C#N)c(Cl)c1. The lowest BCUT2D eigenvalue weighted by Crippen LogP contribution is -2.16. The fraction of sp³-hybridized carbons (Fsp3) is 0.316. The number of halogens is 1. The number of hydrogen-bond acceptors (Lipinski definition) is 5. The Kier molecular flexibility index (Phi) is 4.89. The summed E-state index contributed by atoms with van der Waals surface area (Å²) in [7, 11) is 0. The third-order valence-electron chi connectivity index (χ3n) is 4.22. The molecule has 7 heteroatoms. The first kappa shape index (κ1) is 18.6. The molecule has 0 bridgehead atoms. The molecule has 1 N–H and O–H groups in total. The molecule has 0 fully saturated rings. The minimum atomic E-state index is -0.950. The summed E-state index contributed by atoms with van der Waals surface area (Å²) in [6.45, 7) is 7.95. The standard InChI is InChI=1S/C19H19ClN4OS/c1-11-18(13-5-6-14(8-21)15(20)7-13)12(2)24(23-11)9-17-22-16(10-26-17)19(3,4)25/h5-7,10,25H,9H2,1-4H3. The van der Waals surface area contributed by atoms with Gasteiger partial charge in [-0.2, -0.15) is 10.4 Å². The van der Waals surface area contributed by atoms with Gasteiger partial charge in [0.2, 0.25) is 0 Å². The average molecular weight is 387 g/mol. The van der Waals surface area contributed by atoms with E-state index in [1.165, 1.54) is 11.3 Å².